The minimum Gasteiger partial charge on any atom is -0.481 e. The highest BCUT2D eigenvalue weighted by atomic mass is 19.1. The highest BCUT2D eigenvalue weighted by molar-refractivity contribution is 5.71. The van der Waals surface area contributed by atoms with Crippen LogP contribution < -0.4 is 0 Å². The van der Waals surface area contributed by atoms with E-state index in [1.165, 1.54) is 0 Å². The zero-order chi connectivity index (χ0) is 6.15. The van der Waals surface area contributed by atoms with Gasteiger partial charge in [-0.05, 0) is 12.8 Å². The molecule has 1 N–H and O–H groups in total. The molecule has 0 aliphatic heterocycles. The van der Waals surface area contributed by atoms with Crippen LogP contribution in [0.5, 0.6) is 0 Å². The molecule has 0 saturated heterocycles. The van der Waals surface area contributed by atoms with Crippen LogP contribution in [0.15, 0.2) is 0 Å². The molecule has 0 spiro atoms. The summed E-state index contributed by atoms with van der Waals surface area (Å²) in [7, 11) is 0. The second-order valence-electron chi connectivity index (χ2n) is 2.10. The zero-order valence-electron chi connectivity index (χ0n) is 4.30. The molecule has 2 nitrogen and oxygen atoms in total. The summed E-state index contributed by atoms with van der Waals surface area (Å²) in [5, 5.41) is 8.18. The molecule has 1 aliphatic carbocycles. The minimum absolute atomic E-state index is 0.218. The molecule has 1 fully saturated rings. The van der Waals surface area contributed by atoms with Crippen LogP contribution in [0.3, 0.4) is 0 Å². The highest BCUT2D eigenvalue weighted by Gasteiger charge is 2.34. The first-order valence-corrected chi connectivity index (χ1v) is 2.57. The van der Waals surface area contributed by atoms with Crippen molar-refractivity contribution in [1.29, 1.82) is 0 Å². The van der Waals surface area contributed by atoms with Gasteiger partial charge in [0.25, 0.3) is 0 Å². The SMILES string of the molecule is O=C(O)[C@H]1C[C@@H](F)C1. The Hall–Kier alpha value is -0.600. The number of carboxylic acid groups (broad SMARTS) is 1. The zero-order valence-corrected chi connectivity index (χ0v) is 4.30. The van der Waals surface area contributed by atoms with Gasteiger partial charge in [-0.2, -0.15) is 0 Å². The van der Waals surface area contributed by atoms with Gasteiger partial charge in [0.2, 0.25) is 0 Å². The second kappa shape index (κ2) is 1.73. The molecule has 0 aromatic heterocycles. The number of aliphatic carboxylic acids is 1. The highest BCUT2D eigenvalue weighted by Crippen LogP contribution is 2.29. The predicted octanol–water partition coefficient (Wildman–Crippen LogP) is 0.819. The van der Waals surface area contributed by atoms with Gasteiger partial charge in [0, 0.05) is 0 Å². The average molecular weight is 118 g/mol. The number of rotatable bonds is 1. The Bertz CT molecular complexity index is 107. The fraction of sp³-hybridized carbons (Fsp3) is 0.800. The monoisotopic (exact) mass is 118 g/mol. The van der Waals surface area contributed by atoms with Gasteiger partial charge in [-0.3, -0.25) is 4.79 Å². The molecule has 0 radical (unpaired) electrons. The van der Waals surface area contributed by atoms with Crippen molar-refractivity contribution in [3.05, 3.63) is 0 Å². The summed E-state index contributed by atoms with van der Waals surface area (Å²) in [4.78, 5) is 9.96. The number of carboxylic acids is 1. The van der Waals surface area contributed by atoms with Gasteiger partial charge < -0.3 is 5.11 Å². The van der Waals surface area contributed by atoms with Gasteiger partial charge in [0.15, 0.2) is 0 Å². The third-order valence-corrected chi connectivity index (χ3v) is 1.43. The van der Waals surface area contributed by atoms with E-state index in [1.807, 2.05) is 0 Å². The van der Waals surface area contributed by atoms with Crippen LogP contribution >= 0.6 is 0 Å². The van der Waals surface area contributed by atoms with Crippen LogP contribution in [0.25, 0.3) is 0 Å². The Morgan fingerprint density at radius 3 is 2.25 bits per heavy atom. The van der Waals surface area contributed by atoms with E-state index in [4.69, 9.17) is 5.11 Å². The van der Waals surface area contributed by atoms with Crippen molar-refractivity contribution in [1.82, 2.24) is 0 Å². The standard InChI is InChI=1S/C5H7FO2/c6-4-1-3(2-4)5(7)8/h3-4H,1-2H2,(H,7,8)/t3-,4+. The Labute approximate surface area is 46.3 Å². The van der Waals surface area contributed by atoms with E-state index >= 15 is 0 Å². The summed E-state index contributed by atoms with van der Waals surface area (Å²) in [5.74, 6) is -1.26. The first kappa shape index (κ1) is 5.54. The van der Waals surface area contributed by atoms with Crippen LogP contribution in [0, 0.1) is 5.92 Å². The molecule has 1 aliphatic rings. The fourth-order valence-corrected chi connectivity index (χ4v) is 0.750. The molecule has 0 bridgehead atoms. The second-order valence-corrected chi connectivity index (χ2v) is 2.10. The smallest absolute Gasteiger partial charge is 0.306 e. The maximum Gasteiger partial charge on any atom is 0.306 e. The number of carbonyl (C=O) groups is 1. The van der Waals surface area contributed by atoms with Gasteiger partial charge in [-0.25, -0.2) is 4.39 Å². The summed E-state index contributed by atoms with van der Waals surface area (Å²) < 4.78 is 11.9. The molecule has 0 amide bonds. The van der Waals surface area contributed by atoms with E-state index in [-0.39, 0.29) is 12.8 Å². The van der Waals surface area contributed by atoms with Crippen LogP contribution in [-0.4, -0.2) is 17.2 Å². The lowest BCUT2D eigenvalue weighted by atomic mass is 9.84. The van der Waals surface area contributed by atoms with Crippen molar-refractivity contribution in [3.63, 3.8) is 0 Å². The van der Waals surface area contributed by atoms with Gasteiger partial charge in [0.1, 0.15) is 6.17 Å². The van der Waals surface area contributed by atoms with Crippen LogP contribution in [0.4, 0.5) is 4.39 Å². The molecule has 1 rings (SSSR count). The number of alkyl halides is 1. The van der Waals surface area contributed by atoms with Crippen LogP contribution in [-0.2, 0) is 4.79 Å². The molecule has 0 atom stereocenters. The summed E-state index contributed by atoms with van der Waals surface area (Å²) in [5.41, 5.74) is 0. The maximum absolute atomic E-state index is 11.9. The third kappa shape index (κ3) is 0.804. The van der Waals surface area contributed by atoms with Crippen molar-refractivity contribution < 1.29 is 14.3 Å². The normalized spacial score (nSPS) is 36.1. The Morgan fingerprint density at radius 1 is 1.62 bits per heavy atom. The van der Waals surface area contributed by atoms with Gasteiger partial charge in [-0.15, -0.1) is 0 Å². The molecule has 1 saturated carbocycles. The average Bonchev–Trinajstić information content (AvgIpc) is 1.57. The Morgan fingerprint density at radius 2 is 2.12 bits per heavy atom. The molecule has 0 unspecified atom stereocenters. The number of halogens is 1. The first-order chi connectivity index (χ1) is 3.70. The van der Waals surface area contributed by atoms with E-state index in [0.717, 1.165) is 0 Å². The topological polar surface area (TPSA) is 37.3 Å². The van der Waals surface area contributed by atoms with Crippen molar-refractivity contribution in [2.75, 3.05) is 0 Å². The van der Waals surface area contributed by atoms with Crippen LogP contribution in [0.1, 0.15) is 12.8 Å². The summed E-state index contributed by atoms with van der Waals surface area (Å²) >= 11 is 0. The van der Waals surface area contributed by atoms with E-state index in [2.05, 4.69) is 0 Å². The lowest BCUT2D eigenvalue weighted by Crippen LogP contribution is -2.31. The van der Waals surface area contributed by atoms with Gasteiger partial charge in [-0.1, -0.05) is 0 Å². The van der Waals surface area contributed by atoms with E-state index in [9.17, 15) is 9.18 Å². The molecular weight excluding hydrogens is 111 g/mol. The van der Waals surface area contributed by atoms with E-state index < -0.39 is 18.1 Å². The quantitative estimate of drug-likeness (QED) is 0.553. The predicted molar refractivity (Wildman–Crippen MR) is 25.3 cm³/mol. The molecule has 46 valence electrons. The summed E-state index contributed by atoms with van der Waals surface area (Å²) in [6.07, 6.45) is -0.416. The van der Waals surface area contributed by atoms with Gasteiger partial charge >= 0.3 is 5.97 Å². The maximum atomic E-state index is 11.9. The Balaban J connectivity index is 2.25. The molecule has 3 heteroatoms. The first-order valence-electron chi connectivity index (χ1n) is 2.57. The van der Waals surface area contributed by atoms with Gasteiger partial charge in [0.05, 0.1) is 5.92 Å². The van der Waals surface area contributed by atoms with Crippen LogP contribution in [0.2, 0.25) is 0 Å². The van der Waals surface area contributed by atoms with Crippen molar-refractivity contribution in [3.8, 4) is 0 Å². The third-order valence-electron chi connectivity index (χ3n) is 1.43. The number of hydrogen-bond donors (Lipinski definition) is 1. The fourth-order valence-electron chi connectivity index (χ4n) is 0.750. The van der Waals surface area contributed by atoms with E-state index in [0.29, 0.717) is 0 Å². The summed E-state index contributed by atoms with van der Waals surface area (Å²) in [6.45, 7) is 0. The van der Waals surface area contributed by atoms with Crippen molar-refractivity contribution >= 4 is 5.97 Å². The molecule has 0 heterocycles. The molecular formula is C5H7FO2. The Kier molecular flexibility index (Phi) is 1.19. The molecule has 0 aromatic rings. The van der Waals surface area contributed by atoms with E-state index in [1.54, 1.807) is 0 Å². The van der Waals surface area contributed by atoms with Crippen molar-refractivity contribution in [2.24, 2.45) is 5.92 Å². The minimum atomic E-state index is -0.862. The van der Waals surface area contributed by atoms with Crippen molar-refractivity contribution in [2.45, 2.75) is 19.0 Å². The lowest BCUT2D eigenvalue weighted by Gasteiger charge is -2.24. The number of hydrogen-bond acceptors (Lipinski definition) is 1. The largest absolute Gasteiger partial charge is 0.481 e. The lowest BCUT2D eigenvalue weighted by molar-refractivity contribution is -0.146. The summed E-state index contributed by atoms with van der Waals surface area (Å²) in [6, 6.07) is 0. The molecule has 8 heavy (non-hydrogen) atoms. The molecule has 0 aromatic carbocycles.